The Balaban J connectivity index is 2.36. The van der Waals surface area contributed by atoms with Crippen LogP contribution in [-0.4, -0.2) is 47.2 Å². The molecule has 7 heteroatoms. The largest absolute Gasteiger partial charge is 0.480 e. The van der Waals surface area contributed by atoms with Crippen molar-refractivity contribution in [3.05, 3.63) is 0 Å². The summed E-state index contributed by atoms with van der Waals surface area (Å²) >= 11 is 1.63. The predicted octanol–water partition coefficient (Wildman–Crippen LogP) is -0.653. The summed E-state index contributed by atoms with van der Waals surface area (Å²) in [5.74, 6) is 0.223. The van der Waals surface area contributed by atoms with Gasteiger partial charge in [-0.2, -0.15) is 0 Å². The third kappa shape index (κ3) is 4.93. The van der Waals surface area contributed by atoms with Crippen molar-refractivity contribution in [2.75, 3.05) is 18.2 Å². The minimum atomic E-state index is -0.985. The Hall–Kier alpha value is -0.790. The molecule has 1 rings (SSSR count). The number of thioether (sulfide) groups is 1. The van der Waals surface area contributed by atoms with E-state index in [2.05, 4.69) is 10.6 Å². The number of nitrogens with one attached hydrogen (secondary N) is 2. The van der Waals surface area contributed by atoms with Gasteiger partial charge in [-0.15, -0.1) is 11.8 Å². The molecule has 5 N–H and O–H groups in total. The van der Waals surface area contributed by atoms with Crippen LogP contribution in [0, 0.1) is 0 Å². The minimum absolute atomic E-state index is 0.227. The second-order valence-corrected chi connectivity index (χ2v) is 4.99. The molecule has 0 aliphatic carbocycles. The van der Waals surface area contributed by atoms with Gasteiger partial charge in [-0.05, 0) is 25.8 Å². The summed E-state index contributed by atoms with van der Waals surface area (Å²) in [6, 6.07) is -1.07. The van der Waals surface area contributed by atoms with Crippen molar-refractivity contribution in [2.24, 2.45) is 5.73 Å². The van der Waals surface area contributed by atoms with Crippen molar-refractivity contribution in [1.29, 1.82) is 0 Å². The molecule has 0 spiro atoms. The third-order valence-corrected chi connectivity index (χ3v) is 3.53. The number of carboxylic acids is 1. The van der Waals surface area contributed by atoms with Crippen LogP contribution in [0.4, 0.5) is 0 Å². The highest BCUT2D eigenvalue weighted by Gasteiger charge is 2.26. The molecule has 98 valence electrons. The smallest absolute Gasteiger partial charge is 0.326 e. The van der Waals surface area contributed by atoms with Crippen molar-refractivity contribution in [1.82, 2.24) is 10.6 Å². The molecule has 0 radical (unpaired) electrons. The quantitative estimate of drug-likeness (QED) is 0.454. The molecule has 6 nitrogen and oxygen atoms in total. The number of carbonyl (C=O) groups is 2. The molecular formula is C10H19N3O3S. The van der Waals surface area contributed by atoms with Crippen LogP contribution in [0.1, 0.15) is 19.3 Å². The van der Waals surface area contributed by atoms with Crippen LogP contribution in [0.3, 0.4) is 0 Å². The Morgan fingerprint density at radius 3 is 2.82 bits per heavy atom. The third-order valence-electron chi connectivity index (χ3n) is 2.59. The standard InChI is InChI=1S/C10H19N3O3S/c11-4-2-1-3-7(10(15)16)13-9(14)8-5-17-6-12-8/h7-8,12H,1-6,11H2,(H,13,14)(H,15,16)/t7-,8-/m0/s1. The monoisotopic (exact) mass is 261 g/mol. The van der Waals surface area contributed by atoms with Crippen LogP contribution < -0.4 is 16.4 Å². The van der Waals surface area contributed by atoms with Gasteiger partial charge in [-0.25, -0.2) is 4.79 Å². The molecular weight excluding hydrogens is 242 g/mol. The van der Waals surface area contributed by atoms with Crippen LogP contribution in [0.25, 0.3) is 0 Å². The molecule has 1 saturated heterocycles. The predicted molar refractivity (Wildman–Crippen MR) is 66.7 cm³/mol. The fourth-order valence-electron chi connectivity index (χ4n) is 1.59. The Bertz CT molecular complexity index is 270. The van der Waals surface area contributed by atoms with Gasteiger partial charge in [0, 0.05) is 11.6 Å². The summed E-state index contributed by atoms with van der Waals surface area (Å²) in [4.78, 5) is 22.7. The number of hydrogen-bond donors (Lipinski definition) is 4. The lowest BCUT2D eigenvalue weighted by Crippen LogP contribution is -2.49. The number of nitrogens with two attached hydrogens (primary N) is 1. The lowest BCUT2D eigenvalue weighted by atomic mass is 10.1. The summed E-state index contributed by atoms with van der Waals surface area (Å²) in [5, 5.41) is 14.6. The molecule has 0 unspecified atom stereocenters. The van der Waals surface area contributed by atoms with Gasteiger partial charge in [0.2, 0.25) is 5.91 Å². The Morgan fingerprint density at radius 2 is 2.29 bits per heavy atom. The zero-order valence-electron chi connectivity index (χ0n) is 9.65. The molecule has 0 aromatic heterocycles. The van der Waals surface area contributed by atoms with Crippen molar-refractivity contribution < 1.29 is 14.7 Å². The molecule has 1 aliphatic rings. The Morgan fingerprint density at radius 1 is 1.53 bits per heavy atom. The molecule has 17 heavy (non-hydrogen) atoms. The lowest BCUT2D eigenvalue weighted by molar-refractivity contribution is -0.142. The minimum Gasteiger partial charge on any atom is -0.480 e. The second kappa shape index (κ2) is 7.52. The van der Waals surface area contributed by atoms with Gasteiger partial charge in [-0.1, -0.05) is 0 Å². The molecule has 0 aromatic carbocycles. The van der Waals surface area contributed by atoms with Crippen molar-refractivity contribution >= 4 is 23.6 Å². The van der Waals surface area contributed by atoms with Gasteiger partial charge in [0.25, 0.3) is 0 Å². The maximum Gasteiger partial charge on any atom is 0.326 e. The number of hydrogen-bond acceptors (Lipinski definition) is 5. The molecule has 0 bridgehead atoms. The Kier molecular flexibility index (Phi) is 6.31. The highest BCUT2D eigenvalue weighted by molar-refractivity contribution is 7.99. The highest BCUT2D eigenvalue weighted by atomic mass is 32.2. The van der Waals surface area contributed by atoms with Gasteiger partial charge < -0.3 is 16.2 Å². The SMILES string of the molecule is NCCCC[C@H](NC(=O)[C@@H]1CSCN1)C(=O)O. The van der Waals surface area contributed by atoms with Gasteiger partial charge >= 0.3 is 5.97 Å². The fraction of sp³-hybridized carbons (Fsp3) is 0.800. The topological polar surface area (TPSA) is 104 Å². The number of aliphatic carboxylic acids is 1. The summed E-state index contributed by atoms with van der Waals surface area (Å²) in [7, 11) is 0. The fourth-order valence-corrected chi connectivity index (χ4v) is 2.53. The van der Waals surface area contributed by atoms with E-state index in [9.17, 15) is 9.59 Å². The first kappa shape index (κ1) is 14.3. The van der Waals surface area contributed by atoms with Crippen LogP contribution in [0.5, 0.6) is 0 Å². The number of carbonyl (C=O) groups excluding carboxylic acids is 1. The first-order valence-electron chi connectivity index (χ1n) is 5.69. The van der Waals surface area contributed by atoms with E-state index in [-0.39, 0.29) is 11.9 Å². The molecule has 1 aliphatic heterocycles. The summed E-state index contributed by atoms with van der Waals surface area (Å²) < 4.78 is 0. The maximum absolute atomic E-state index is 11.7. The molecule has 1 fully saturated rings. The molecule has 1 heterocycles. The summed E-state index contributed by atoms with van der Waals surface area (Å²) in [6.45, 7) is 0.543. The summed E-state index contributed by atoms with van der Waals surface area (Å²) in [5.41, 5.74) is 5.34. The van der Waals surface area contributed by atoms with Gasteiger partial charge in [0.15, 0.2) is 0 Å². The van der Waals surface area contributed by atoms with E-state index < -0.39 is 12.0 Å². The zero-order chi connectivity index (χ0) is 12.7. The first-order valence-corrected chi connectivity index (χ1v) is 6.85. The van der Waals surface area contributed by atoms with E-state index in [4.69, 9.17) is 10.8 Å². The van der Waals surface area contributed by atoms with Crippen LogP contribution >= 0.6 is 11.8 Å². The van der Waals surface area contributed by atoms with E-state index in [0.29, 0.717) is 25.1 Å². The van der Waals surface area contributed by atoms with Gasteiger partial charge in [0.05, 0.1) is 6.04 Å². The molecule has 2 atom stereocenters. The van der Waals surface area contributed by atoms with E-state index in [1.165, 1.54) is 0 Å². The average Bonchev–Trinajstić information content (AvgIpc) is 2.81. The maximum atomic E-state index is 11.7. The van der Waals surface area contributed by atoms with E-state index in [1.54, 1.807) is 11.8 Å². The van der Waals surface area contributed by atoms with Crippen LogP contribution in [-0.2, 0) is 9.59 Å². The van der Waals surface area contributed by atoms with Gasteiger partial charge in [-0.3, -0.25) is 10.1 Å². The number of amides is 1. The average molecular weight is 261 g/mol. The zero-order valence-corrected chi connectivity index (χ0v) is 10.5. The van der Waals surface area contributed by atoms with E-state index in [1.807, 2.05) is 0 Å². The van der Waals surface area contributed by atoms with Crippen LogP contribution in [0.15, 0.2) is 0 Å². The molecule has 0 aromatic rings. The van der Waals surface area contributed by atoms with Crippen LogP contribution in [0.2, 0.25) is 0 Å². The van der Waals surface area contributed by atoms with E-state index in [0.717, 1.165) is 12.3 Å². The van der Waals surface area contributed by atoms with Crippen molar-refractivity contribution in [3.63, 3.8) is 0 Å². The second-order valence-electron chi connectivity index (χ2n) is 3.96. The first-order chi connectivity index (χ1) is 8.15. The lowest BCUT2D eigenvalue weighted by Gasteiger charge is -2.17. The molecule has 0 saturated carbocycles. The summed E-state index contributed by atoms with van der Waals surface area (Å²) in [6.07, 6.45) is 1.91. The van der Waals surface area contributed by atoms with E-state index >= 15 is 0 Å². The normalized spacial score (nSPS) is 21.1. The number of rotatable bonds is 7. The molecule has 1 amide bonds. The number of carboxylic acid groups (broad SMARTS) is 1. The number of unbranched alkanes of at least 4 members (excludes halogenated alkanes) is 1. The van der Waals surface area contributed by atoms with Gasteiger partial charge in [0.1, 0.15) is 6.04 Å². The van der Waals surface area contributed by atoms with Crippen molar-refractivity contribution in [2.45, 2.75) is 31.3 Å². The van der Waals surface area contributed by atoms with Crippen molar-refractivity contribution in [3.8, 4) is 0 Å². The Labute approximate surface area is 105 Å². The highest BCUT2D eigenvalue weighted by Crippen LogP contribution is 2.10.